The highest BCUT2D eigenvalue weighted by Gasteiger charge is 2.23. The fourth-order valence-electron chi connectivity index (χ4n) is 3.62. The molecule has 0 bridgehead atoms. The monoisotopic (exact) mass is 486 g/mol. The topological polar surface area (TPSA) is 98.7 Å². The van der Waals surface area contributed by atoms with Crippen LogP contribution in [0.1, 0.15) is 38.8 Å². The summed E-state index contributed by atoms with van der Waals surface area (Å²) in [7, 11) is 0. The molecule has 0 spiro atoms. The molecule has 0 aliphatic rings. The highest BCUT2D eigenvalue weighted by atomic mass is 35.5. The van der Waals surface area contributed by atoms with E-state index in [1.165, 1.54) is 0 Å². The van der Waals surface area contributed by atoms with Crippen LogP contribution in [0.25, 0.3) is 0 Å². The summed E-state index contributed by atoms with van der Waals surface area (Å²) < 4.78 is 0. The molecule has 6 nitrogen and oxygen atoms in total. The fraction of sp³-hybridized carbons (Fsp3) is 0.200. The first-order valence-corrected chi connectivity index (χ1v) is 11.0. The first-order valence-electron chi connectivity index (χ1n) is 10.2. The van der Waals surface area contributed by atoms with Crippen molar-refractivity contribution in [2.75, 3.05) is 5.32 Å². The van der Waals surface area contributed by atoms with E-state index in [9.17, 15) is 19.8 Å². The number of anilines is 1. The predicted molar refractivity (Wildman–Crippen MR) is 130 cm³/mol. The van der Waals surface area contributed by atoms with Crippen LogP contribution in [0, 0.1) is 13.8 Å². The number of aliphatic hydroxyl groups is 1. The molecule has 0 aliphatic carbocycles. The number of amides is 1. The summed E-state index contributed by atoms with van der Waals surface area (Å²) in [5.41, 5.74) is 3.82. The largest absolute Gasteiger partial charge is 0.480 e. The summed E-state index contributed by atoms with van der Waals surface area (Å²) in [6, 6.07) is 16.2. The Hall–Kier alpha value is -2.90. The van der Waals surface area contributed by atoms with Crippen molar-refractivity contribution in [3.05, 3.63) is 98.5 Å². The van der Waals surface area contributed by atoms with Gasteiger partial charge in [0.1, 0.15) is 12.3 Å². The SMILES string of the molecule is Cc1cccc(C)c1C(O)NC(Cc1ccc(NC(=O)c2c(Cl)cccc2Cl)cc1)C(=O)O. The fourth-order valence-corrected chi connectivity index (χ4v) is 4.19. The van der Waals surface area contributed by atoms with E-state index in [1.54, 1.807) is 42.5 Å². The van der Waals surface area contributed by atoms with E-state index in [-0.39, 0.29) is 22.0 Å². The molecular formula is C25H24Cl2N2O4. The van der Waals surface area contributed by atoms with Crippen LogP contribution in [0.3, 0.4) is 0 Å². The normalized spacial score (nSPS) is 12.8. The van der Waals surface area contributed by atoms with Crippen LogP contribution < -0.4 is 10.6 Å². The van der Waals surface area contributed by atoms with Gasteiger partial charge in [0.2, 0.25) is 0 Å². The molecule has 1 amide bonds. The molecule has 0 aromatic heterocycles. The van der Waals surface area contributed by atoms with Crippen LogP contribution in [-0.4, -0.2) is 28.1 Å². The van der Waals surface area contributed by atoms with Crippen molar-refractivity contribution in [1.29, 1.82) is 0 Å². The smallest absolute Gasteiger partial charge is 0.321 e. The van der Waals surface area contributed by atoms with Gasteiger partial charge in [-0.05, 0) is 61.2 Å². The van der Waals surface area contributed by atoms with E-state index in [2.05, 4.69) is 10.6 Å². The van der Waals surface area contributed by atoms with Crippen LogP contribution in [0.15, 0.2) is 60.7 Å². The van der Waals surface area contributed by atoms with Crippen molar-refractivity contribution in [1.82, 2.24) is 5.32 Å². The zero-order valence-corrected chi connectivity index (χ0v) is 19.6. The van der Waals surface area contributed by atoms with Crippen molar-refractivity contribution < 1.29 is 19.8 Å². The van der Waals surface area contributed by atoms with Gasteiger partial charge in [-0.1, -0.05) is 59.6 Å². The molecule has 2 unspecified atom stereocenters. The zero-order valence-electron chi connectivity index (χ0n) is 18.1. The summed E-state index contributed by atoms with van der Waals surface area (Å²) >= 11 is 12.2. The molecule has 0 saturated heterocycles. The van der Waals surface area contributed by atoms with Crippen LogP contribution >= 0.6 is 23.2 Å². The number of benzene rings is 3. The van der Waals surface area contributed by atoms with Crippen molar-refractivity contribution in [2.45, 2.75) is 32.5 Å². The molecule has 3 aromatic carbocycles. The van der Waals surface area contributed by atoms with Gasteiger partial charge in [-0.2, -0.15) is 0 Å². The minimum atomic E-state index is -1.12. The second-order valence-corrected chi connectivity index (χ2v) is 8.53. The molecular weight excluding hydrogens is 463 g/mol. The van der Waals surface area contributed by atoms with Crippen molar-refractivity contribution in [2.24, 2.45) is 0 Å². The number of nitrogens with one attached hydrogen (secondary N) is 2. The number of carbonyl (C=O) groups is 2. The molecule has 3 rings (SSSR count). The number of aryl methyl sites for hydroxylation is 2. The predicted octanol–water partition coefficient (Wildman–Crippen LogP) is 5.14. The lowest BCUT2D eigenvalue weighted by molar-refractivity contribution is -0.140. The first-order chi connectivity index (χ1) is 15.7. The molecule has 0 saturated carbocycles. The van der Waals surface area contributed by atoms with Crippen molar-refractivity contribution >= 4 is 40.8 Å². The van der Waals surface area contributed by atoms with Crippen molar-refractivity contribution in [3.8, 4) is 0 Å². The van der Waals surface area contributed by atoms with E-state index in [0.29, 0.717) is 11.3 Å². The summed E-state index contributed by atoms with van der Waals surface area (Å²) in [5.74, 6) is -1.52. The van der Waals surface area contributed by atoms with Gasteiger partial charge in [0.25, 0.3) is 5.91 Å². The van der Waals surface area contributed by atoms with Crippen LogP contribution in [0.5, 0.6) is 0 Å². The average Bonchev–Trinajstić information content (AvgIpc) is 2.74. The standard InChI is InChI=1S/C25H24Cl2N2O4/c1-14-5-3-6-15(2)21(14)23(30)29-20(25(32)33)13-16-9-11-17(12-10-16)28-24(31)22-18(26)7-4-8-19(22)27/h3-12,20,23,29-30H,13H2,1-2H3,(H,28,31)(H,32,33). The third-order valence-electron chi connectivity index (χ3n) is 5.31. The van der Waals surface area contributed by atoms with Gasteiger partial charge in [0.15, 0.2) is 0 Å². The third kappa shape index (κ3) is 6.12. The number of halogens is 2. The maximum atomic E-state index is 12.5. The Bertz CT molecular complexity index is 1130. The Balaban J connectivity index is 1.69. The molecule has 0 heterocycles. The summed E-state index contributed by atoms with van der Waals surface area (Å²) in [5, 5.41) is 26.3. The minimum absolute atomic E-state index is 0.141. The Morgan fingerprint density at radius 1 is 0.909 bits per heavy atom. The van der Waals surface area contributed by atoms with Gasteiger partial charge in [-0.3, -0.25) is 14.9 Å². The maximum Gasteiger partial charge on any atom is 0.321 e. The summed E-state index contributed by atoms with van der Waals surface area (Å²) in [6.07, 6.45) is -0.978. The first kappa shape index (κ1) is 24.7. The number of carboxylic acid groups (broad SMARTS) is 1. The molecule has 8 heteroatoms. The highest BCUT2D eigenvalue weighted by Crippen LogP contribution is 2.26. The Kier molecular flexibility index (Phi) is 8.10. The lowest BCUT2D eigenvalue weighted by Gasteiger charge is -2.22. The van der Waals surface area contributed by atoms with Gasteiger partial charge in [-0.25, -0.2) is 0 Å². The van der Waals surface area contributed by atoms with Gasteiger partial charge < -0.3 is 15.5 Å². The number of aliphatic carboxylic acids is 1. The third-order valence-corrected chi connectivity index (χ3v) is 5.94. The number of carboxylic acids is 1. The van der Waals surface area contributed by atoms with Gasteiger partial charge >= 0.3 is 5.97 Å². The number of hydrogen-bond acceptors (Lipinski definition) is 4. The maximum absolute atomic E-state index is 12.5. The van der Waals surface area contributed by atoms with E-state index >= 15 is 0 Å². The molecule has 33 heavy (non-hydrogen) atoms. The average molecular weight is 487 g/mol. The van der Waals surface area contributed by atoms with Gasteiger partial charge in [0, 0.05) is 11.3 Å². The minimum Gasteiger partial charge on any atom is -0.480 e. The quantitative estimate of drug-likeness (QED) is 0.330. The lowest BCUT2D eigenvalue weighted by Crippen LogP contribution is -2.41. The molecule has 3 aromatic rings. The second-order valence-electron chi connectivity index (χ2n) is 7.72. The molecule has 0 aliphatic heterocycles. The highest BCUT2D eigenvalue weighted by molar-refractivity contribution is 6.40. The summed E-state index contributed by atoms with van der Waals surface area (Å²) in [4.78, 5) is 24.3. The van der Waals surface area contributed by atoms with Gasteiger partial charge in [-0.15, -0.1) is 0 Å². The van der Waals surface area contributed by atoms with Crippen LogP contribution in [0.4, 0.5) is 5.69 Å². The van der Waals surface area contributed by atoms with E-state index in [1.807, 2.05) is 32.0 Å². The Morgan fingerprint density at radius 3 is 2.00 bits per heavy atom. The summed E-state index contributed by atoms with van der Waals surface area (Å²) in [6.45, 7) is 3.73. The number of aliphatic hydroxyl groups excluding tert-OH is 1. The molecule has 0 fully saturated rings. The Morgan fingerprint density at radius 2 is 1.45 bits per heavy atom. The molecule has 172 valence electrons. The van der Waals surface area contributed by atoms with Crippen molar-refractivity contribution in [3.63, 3.8) is 0 Å². The second kappa shape index (κ2) is 10.8. The van der Waals surface area contributed by atoms with E-state index < -0.39 is 24.1 Å². The van der Waals surface area contributed by atoms with E-state index in [4.69, 9.17) is 23.2 Å². The van der Waals surface area contributed by atoms with Crippen LogP contribution in [0.2, 0.25) is 10.0 Å². The lowest BCUT2D eigenvalue weighted by atomic mass is 10.00. The molecule has 4 N–H and O–H groups in total. The van der Waals surface area contributed by atoms with Crippen LogP contribution in [-0.2, 0) is 11.2 Å². The van der Waals surface area contributed by atoms with Gasteiger partial charge in [0.05, 0.1) is 15.6 Å². The number of carbonyl (C=O) groups excluding carboxylic acids is 1. The number of hydrogen-bond donors (Lipinski definition) is 4. The molecule has 2 atom stereocenters. The zero-order chi connectivity index (χ0) is 24.1. The van der Waals surface area contributed by atoms with E-state index in [0.717, 1.165) is 16.7 Å². The number of rotatable bonds is 8. The Labute approximate surface area is 202 Å². The molecule has 0 radical (unpaired) electrons.